The number of fused-ring (bicyclic) bond motifs is 2. The maximum atomic E-state index is 13.6. The first-order chi connectivity index (χ1) is 14.4. The maximum absolute atomic E-state index is 13.6. The Bertz CT molecular complexity index is 1250. The first kappa shape index (κ1) is 21.5. The molecule has 1 N–H and O–H groups in total. The summed E-state index contributed by atoms with van der Waals surface area (Å²) in [5, 5.41) is 7.78. The van der Waals surface area contributed by atoms with Crippen LogP contribution in [0.3, 0.4) is 0 Å². The lowest BCUT2D eigenvalue weighted by Gasteiger charge is -2.21. The predicted octanol–water partition coefficient (Wildman–Crippen LogP) is 5.09. The number of rotatable bonds is 2. The zero-order valence-corrected chi connectivity index (χ0v) is 17.6. The summed E-state index contributed by atoms with van der Waals surface area (Å²) < 4.78 is 42.3. The van der Waals surface area contributed by atoms with Crippen LogP contribution in [0.2, 0.25) is 0 Å². The molecule has 0 radical (unpaired) electrons. The van der Waals surface area contributed by atoms with Crippen LogP contribution >= 0.6 is 12.4 Å². The van der Waals surface area contributed by atoms with Crippen LogP contribution in [0.4, 0.5) is 13.2 Å². The lowest BCUT2D eigenvalue weighted by atomic mass is 9.95. The third-order valence-electron chi connectivity index (χ3n) is 5.68. The average molecular weight is 448 g/mol. The fourth-order valence-corrected chi connectivity index (χ4v) is 4.16. The number of nitrogens with one attached hydrogen (secondary N) is 1. The Morgan fingerprint density at radius 1 is 1.03 bits per heavy atom. The van der Waals surface area contributed by atoms with Crippen molar-refractivity contribution in [2.45, 2.75) is 24.9 Å². The summed E-state index contributed by atoms with van der Waals surface area (Å²) in [6.07, 6.45) is 0.976. The fraction of sp³-hybridized carbons (Fsp3) is 0.318. The van der Waals surface area contributed by atoms with E-state index in [1.54, 1.807) is 37.6 Å². The van der Waals surface area contributed by atoms with Gasteiger partial charge in [0.15, 0.2) is 0 Å². The van der Waals surface area contributed by atoms with E-state index in [9.17, 15) is 13.2 Å². The monoisotopic (exact) mass is 447 g/mol. The van der Waals surface area contributed by atoms with Crippen molar-refractivity contribution >= 4 is 34.3 Å². The highest BCUT2D eigenvalue weighted by Gasteiger charge is 2.34. The van der Waals surface area contributed by atoms with Crippen molar-refractivity contribution in [2.24, 2.45) is 7.05 Å². The number of halogens is 4. The second-order valence-corrected chi connectivity index (χ2v) is 7.78. The van der Waals surface area contributed by atoms with Gasteiger partial charge in [-0.2, -0.15) is 18.3 Å². The van der Waals surface area contributed by atoms with Gasteiger partial charge < -0.3 is 5.32 Å². The molecule has 9 heteroatoms. The van der Waals surface area contributed by atoms with E-state index in [0.29, 0.717) is 27.9 Å². The van der Waals surface area contributed by atoms with Gasteiger partial charge in [0.2, 0.25) is 0 Å². The normalized spacial score (nSPS) is 15.4. The molecule has 162 valence electrons. The standard InChI is InChI=1S/C22H20F3N5.ClH/c1-30-12-16-8-15(9-17(21(16)29-30)22(23,24)25)14-2-3-18-19(10-14)27-11-20(28-18)13-4-6-26-7-5-13;/h2-3,8-13,26H,4-7H2,1H3;1H. The van der Waals surface area contributed by atoms with Gasteiger partial charge in [-0.05, 0) is 61.3 Å². The van der Waals surface area contributed by atoms with E-state index >= 15 is 0 Å². The lowest BCUT2D eigenvalue weighted by molar-refractivity contribution is -0.136. The molecule has 5 nitrogen and oxygen atoms in total. The molecule has 0 saturated carbocycles. The molecule has 2 aromatic heterocycles. The van der Waals surface area contributed by atoms with E-state index < -0.39 is 11.7 Å². The zero-order chi connectivity index (χ0) is 20.9. The van der Waals surface area contributed by atoms with E-state index in [1.165, 1.54) is 4.68 Å². The largest absolute Gasteiger partial charge is 0.418 e. The predicted molar refractivity (Wildman–Crippen MR) is 116 cm³/mol. The molecule has 1 aliphatic rings. The second-order valence-electron chi connectivity index (χ2n) is 7.78. The lowest BCUT2D eigenvalue weighted by Crippen LogP contribution is -2.27. The van der Waals surface area contributed by atoms with Crippen LogP contribution in [-0.2, 0) is 13.2 Å². The van der Waals surface area contributed by atoms with Gasteiger partial charge in [-0.1, -0.05) is 6.07 Å². The van der Waals surface area contributed by atoms with Crippen molar-refractivity contribution < 1.29 is 13.2 Å². The van der Waals surface area contributed by atoms with Crippen molar-refractivity contribution in [3.63, 3.8) is 0 Å². The summed E-state index contributed by atoms with van der Waals surface area (Å²) in [7, 11) is 1.62. The second kappa shape index (κ2) is 8.09. The Kier molecular flexibility index (Phi) is 5.61. The van der Waals surface area contributed by atoms with Crippen molar-refractivity contribution in [1.82, 2.24) is 25.1 Å². The Hall–Kier alpha value is -2.71. The summed E-state index contributed by atoms with van der Waals surface area (Å²) in [5.41, 5.74) is 2.78. The zero-order valence-electron chi connectivity index (χ0n) is 16.8. The highest BCUT2D eigenvalue weighted by molar-refractivity contribution is 5.89. The molecule has 4 aromatic rings. The smallest absolute Gasteiger partial charge is 0.317 e. The van der Waals surface area contributed by atoms with E-state index in [0.717, 1.165) is 43.2 Å². The highest BCUT2D eigenvalue weighted by atomic mass is 35.5. The minimum absolute atomic E-state index is 0. The molecule has 1 fully saturated rings. The van der Waals surface area contributed by atoms with Crippen LogP contribution in [0.15, 0.2) is 42.7 Å². The molecule has 1 aliphatic heterocycles. The Morgan fingerprint density at radius 2 is 1.81 bits per heavy atom. The number of piperidine rings is 1. The molecule has 3 heterocycles. The third kappa shape index (κ3) is 4.09. The Balaban J connectivity index is 0.00000231. The molecule has 0 bridgehead atoms. The number of hydrogen-bond acceptors (Lipinski definition) is 4. The van der Waals surface area contributed by atoms with E-state index in [1.807, 2.05) is 6.07 Å². The topological polar surface area (TPSA) is 55.6 Å². The highest BCUT2D eigenvalue weighted by Crippen LogP contribution is 2.38. The van der Waals surface area contributed by atoms with Gasteiger partial charge in [0.1, 0.15) is 5.52 Å². The molecule has 5 rings (SSSR count). The first-order valence-electron chi connectivity index (χ1n) is 9.91. The minimum atomic E-state index is -4.48. The van der Waals surface area contributed by atoms with Crippen LogP contribution < -0.4 is 5.32 Å². The summed E-state index contributed by atoms with van der Waals surface area (Å²) in [6.45, 7) is 1.95. The molecular weight excluding hydrogens is 427 g/mol. The quantitative estimate of drug-likeness (QED) is 0.465. The number of hydrogen-bond donors (Lipinski definition) is 1. The number of alkyl halides is 3. The fourth-order valence-electron chi connectivity index (χ4n) is 4.16. The number of aryl methyl sites for hydroxylation is 1. The third-order valence-corrected chi connectivity index (χ3v) is 5.68. The molecule has 0 spiro atoms. The van der Waals surface area contributed by atoms with Crippen molar-refractivity contribution in [3.05, 3.63) is 54.0 Å². The van der Waals surface area contributed by atoms with E-state index in [4.69, 9.17) is 4.98 Å². The van der Waals surface area contributed by atoms with Gasteiger partial charge in [0.05, 0.1) is 22.3 Å². The molecule has 31 heavy (non-hydrogen) atoms. The van der Waals surface area contributed by atoms with Crippen LogP contribution in [-0.4, -0.2) is 32.8 Å². The van der Waals surface area contributed by atoms with Crippen LogP contribution in [0.1, 0.15) is 30.0 Å². The number of benzene rings is 2. The SMILES string of the molecule is Cl.Cn1cc2cc(-c3ccc4nc(C5CCNCC5)cnc4c3)cc(C(F)(F)F)c2n1. The average Bonchev–Trinajstić information content (AvgIpc) is 3.12. The maximum Gasteiger partial charge on any atom is 0.418 e. The number of nitrogens with zero attached hydrogens (tertiary/aromatic N) is 4. The van der Waals surface area contributed by atoms with Gasteiger partial charge in [0.25, 0.3) is 0 Å². The molecule has 0 atom stereocenters. The first-order valence-corrected chi connectivity index (χ1v) is 9.91. The molecule has 0 unspecified atom stereocenters. The molecule has 0 amide bonds. The summed E-state index contributed by atoms with van der Waals surface area (Å²) in [5.74, 6) is 0.394. The van der Waals surface area contributed by atoms with Crippen LogP contribution in [0.25, 0.3) is 33.1 Å². The van der Waals surface area contributed by atoms with Crippen molar-refractivity contribution in [3.8, 4) is 11.1 Å². The van der Waals surface area contributed by atoms with Crippen LogP contribution in [0.5, 0.6) is 0 Å². The molecule has 0 aliphatic carbocycles. The molecular formula is C22H21ClF3N5. The minimum Gasteiger partial charge on any atom is -0.317 e. The summed E-state index contributed by atoms with van der Waals surface area (Å²) in [4.78, 5) is 9.32. The molecule has 1 saturated heterocycles. The number of aromatic nitrogens is 4. The molecule has 2 aromatic carbocycles. The van der Waals surface area contributed by atoms with Gasteiger partial charge in [-0.15, -0.1) is 12.4 Å². The van der Waals surface area contributed by atoms with Gasteiger partial charge >= 0.3 is 6.18 Å². The summed E-state index contributed by atoms with van der Waals surface area (Å²) in [6, 6.07) is 8.33. The van der Waals surface area contributed by atoms with Crippen molar-refractivity contribution in [1.29, 1.82) is 0 Å². The van der Waals surface area contributed by atoms with E-state index in [-0.39, 0.29) is 17.9 Å². The van der Waals surface area contributed by atoms with Gasteiger partial charge in [-0.3, -0.25) is 9.67 Å². The van der Waals surface area contributed by atoms with Gasteiger partial charge in [-0.25, -0.2) is 4.98 Å². The Labute approximate surface area is 183 Å². The van der Waals surface area contributed by atoms with Crippen LogP contribution in [0, 0.1) is 0 Å². The van der Waals surface area contributed by atoms with E-state index in [2.05, 4.69) is 15.4 Å². The van der Waals surface area contributed by atoms with Crippen molar-refractivity contribution in [2.75, 3.05) is 13.1 Å². The summed E-state index contributed by atoms with van der Waals surface area (Å²) >= 11 is 0. The Morgan fingerprint density at radius 3 is 2.55 bits per heavy atom. The van der Waals surface area contributed by atoms with Gasteiger partial charge in [0, 0.05) is 30.7 Å².